The molecule has 0 bridgehead atoms. The standard InChI is InChI=1S/C38H50N6O4/c1-24-21-28(15-16-29(24)23-39-33(45)32-40-34(48-42-32)36(2,3)4)30-22-31(44(41-30)37(5,6)7)27-13-11-25(12-14-27)26-17-19-43(20-18-26)35(46)47-38(8,9)10/h11-16,21-22,26H,17-20,23H2,1-10H3,(H,39,45). The zero-order valence-corrected chi connectivity index (χ0v) is 30.1. The fraction of sp³-hybridized carbons (Fsp3) is 0.500. The van der Waals surface area contributed by atoms with Crippen molar-refractivity contribution in [1.29, 1.82) is 0 Å². The molecule has 2 aromatic carbocycles. The molecule has 0 aliphatic carbocycles. The molecule has 256 valence electrons. The van der Waals surface area contributed by atoms with Gasteiger partial charge in [-0.05, 0) is 102 Å². The fourth-order valence-electron chi connectivity index (χ4n) is 5.82. The first-order valence-corrected chi connectivity index (χ1v) is 16.8. The van der Waals surface area contributed by atoms with Gasteiger partial charge in [0, 0.05) is 30.6 Å². The van der Waals surface area contributed by atoms with Gasteiger partial charge in [0.05, 0.1) is 16.9 Å². The molecular formula is C38H50N6O4. The highest BCUT2D eigenvalue weighted by Gasteiger charge is 2.28. The first kappa shape index (κ1) is 34.9. The minimum Gasteiger partial charge on any atom is -0.444 e. The van der Waals surface area contributed by atoms with Gasteiger partial charge >= 0.3 is 6.09 Å². The van der Waals surface area contributed by atoms with Crippen LogP contribution in [-0.4, -0.2) is 55.5 Å². The number of hydrogen-bond acceptors (Lipinski definition) is 7. The van der Waals surface area contributed by atoms with Gasteiger partial charge in [0.25, 0.3) is 11.7 Å². The highest BCUT2D eigenvalue weighted by Crippen LogP contribution is 2.34. The Bertz CT molecular complexity index is 1760. The average molecular weight is 655 g/mol. The van der Waals surface area contributed by atoms with Crippen molar-refractivity contribution in [3.8, 4) is 22.5 Å². The molecule has 0 radical (unpaired) electrons. The number of nitrogens with one attached hydrogen (secondary N) is 1. The lowest BCUT2D eigenvalue weighted by molar-refractivity contribution is 0.0204. The molecule has 3 heterocycles. The van der Waals surface area contributed by atoms with Gasteiger partial charge in [0.1, 0.15) is 5.60 Å². The molecule has 2 aromatic heterocycles. The predicted molar refractivity (Wildman–Crippen MR) is 187 cm³/mol. The molecule has 0 unspecified atom stereocenters. The summed E-state index contributed by atoms with van der Waals surface area (Å²) in [5.74, 6) is 0.491. The molecule has 0 saturated carbocycles. The van der Waals surface area contributed by atoms with E-state index in [4.69, 9.17) is 14.4 Å². The van der Waals surface area contributed by atoms with Crippen LogP contribution < -0.4 is 5.32 Å². The van der Waals surface area contributed by atoms with Gasteiger partial charge in [-0.2, -0.15) is 10.1 Å². The van der Waals surface area contributed by atoms with Gasteiger partial charge in [-0.3, -0.25) is 9.48 Å². The van der Waals surface area contributed by atoms with Gasteiger partial charge in [0.2, 0.25) is 5.89 Å². The van der Waals surface area contributed by atoms with Crippen LogP contribution in [-0.2, 0) is 22.2 Å². The second-order valence-corrected chi connectivity index (χ2v) is 15.9. The Balaban J connectivity index is 1.28. The SMILES string of the molecule is Cc1cc(-c2cc(-c3ccc(C4CCN(C(=O)OC(C)(C)C)CC4)cc3)n(C(C)(C)C)n2)ccc1CNC(=O)c1noc(C(C)(C)C)n1. The van der Waals surface area contributed by atoms with E-state index in [2.05, 4.69) is 77.3 Å². The van der Waals surface area contributed by atoms with Crippen LogP contribution in [0, 0.1) is 6.92 Å². The van der Waals surface area contributed by atoms with Crippen molar-refractivity contribution in [3.63, 3.8) is 0 Å². The molecule has 5 rings (SSSR count). The third kappa shape index (κ3) is 8.14. The van der Waals surface area contributed by atoms with Crippen molar-refractivity contribution >= 4 is 12.0 Å². The number of benzene rings is 2. The number of ether oxygens (including phenoxy) is 1. The van der Waals surface area contributed by atoms with Gasteiger partial charge in [-0.25, -0.2) is 4.79 Å². The predicted octanol–water partition coefficient (Wildman–Crippen LogP) is 8.01. The van der Waals surface area contributed by atoms with Crippen molar-refractivity contribution in [2.45, 2.75) is 111 Å². The lowest BCUT2D eigenvalue weighted by Gasteiger charge is -2.33. The zero-order valence-electron chi connectivity index (χ0n) is 30.1. The Morgan fingerprint density at radius 2 is 1.56 bits per heavy atom. The number of aromatic nitrogens is 4. The van der Waals surface area contributed by atoms with Crippen LogP contribution in [0.25, 0.3) is 22.5 Å². The van der Waals surface area contributed by atoms with Crippen molar-refractivity contribution in [3.05, 3.63) is 76.9 Å². The smallest absolute Gasteiger partial charge is 0.410 e. The quantitative estimate of drug-likeness (QED) is 0.224. The second kappa shape index (κ2) is 13.2. The Morgan fingerprint density at radius 1 is 0.917 bits per heavy atom. The van der Waals surface area contributed by atoms with Crippen LogP contribution in [0.2, 0.25) is 0 Å². The number of likely N-dealkylation sites (tertiary alicyclic amines) is 1. The Hall–Kier alpha value is -4.47. The second-order valence-electron chi connectivity index (χ2n) is 15.9. The van der Waals surface area contributed by atoms with Crippen molar-refractivity contribution in [2.75, 3.05) is 13.1 Å². The molecular weight excluding hydrogens is 604 g/mol. The average Bonchev–Trinajstić information content (AvgIpc) is 3.69. The van der Waals surface area contributed by atoms with E-state index in [1.54, 1.807) is 0 Å². The molecule has 1 fully saturated rings. The summed E-state index contributed by atoms with van der Waals surface area (Å²) >= 11 is 0. The molecule has 0 atom stereocenters. The molecule has 10 heteroatoms. The summed E-state index contributed by atoms with van der Waals surface area (Å²) in [4.78, 5) is 31.3. The minimum atomic E-state index is -0.487. The molecule has 1 saturated heterocycles. The van der Waals surface area contributed by atoms with Crippen LogP contribution >= 0.6 is 0 Å². The minimum absolute atomic E-state index is 0.0334. The van der Waals surface area contributed by atoms with Crippen molar-refractivity contribution < 1.29 is 18.8 Å². The van der Waals surface area contributed by atoms with E-state index in [9.17, 15) is 9.59 Å². The largest absolute Gasteiger partial charge is 0.444 e. The molecule has 4 aromatic rings. The van der Waals surface area contributed by atoms with Crippen molar-refractivity contribution in [1.82, 2.24) is 30.1 Å². The Kier molecular flexibility index (Phi) is 9.59. The number of piperidine rings is 1. The molecule has 10 nitrogen and oxygen atoms in total. The summed E-state index contributed by atoms with van der Waals surface area (Å²) in [6, 6.07) is 17.1. The highest BCUT2D eigenvalue weighted by molar-refractivity contribution is 5.90. The van der Waals surface area contributed by atoms with Gasteiger partial charge in [0.15, 0.2) is 0 Å². The monoisotopic (exact) mass is 654 g/mol. The van der Waals surface area contributed by atoms with Gasteiger partial charge in [-0.15, -0.1) is 0 Å². The number of carbonyl (C=O) groups is 2. The Morgan fingerprint density at radius 3 is 2.12 bits per heavy atom. The number of aryl methyl sites for hydroxylation is 1. The van der Waals surface area contributed by atoms with E-state index in [1.165, 1.54) is 5.56 Å². The summed E-state index contributed by atoms with van der Waals surface area (Å²) in [6.07, 6.45) is 1.60. The lowest BCUT2D eigenvalue weighted by atomic mass is 9.89. The number of hydrogen-bond donors (Lipinski definition) is 1. The van der Waals surface area contributed by atoms with Crippen LogP contribution in [0.4, 0.5) is 4.79 Å². The first-order chi connectivity index (χ1) is 22.4. The molecule has 0 spiro atoms. The molecule has 1 aliphatic heterocycles. The maximum Gasteiger partial charge on any atom is 0.410 e. The van der Waals surface area contributed by atoms with E-state index >= 15 is 0 Å². The molecule has 1 N–H and O–H groups in total. The third-order valence-corrected chi connectivity index (χ3v) is 8.52. The first-order valence-electron chi connectivity index (χ1n) is 16.8. The van der Waals surface area contributed by atoms with Crippen LogP contribution in [0.5, 0.6) is 0 Å². The summed E-state index contributed by atoms with van der Waals surface area (Å²) in [5.41, 5.74) is 6.33. The maximum atomic E-state index is 12.7. The summed E-state index contributed by atoms with van der Waals surface area (Å²) < 4.78 is 12.9. The van der Waals surface area contributed by atoms with Gasteiger partial charge in [-0.1, -0.05) is 62.3 Å². The van der Waals surface area contributed by atoms with E-state index in [0.29, 0.717) is 31.4 Å². The van der Waals surface area contributed by atoms with Gasteiger partial charge < -0.3 is 19.5 Å². The van der Waals surface area contributed by atoms with Crippen LogP contribution in [0.15, 0.2) is 53.1 Å². The van der Waals surface area contributed by atoms with Crippen molar-refractivity contribution in [2.24, 2.45) is 0 Å². The summed E-state index contributed by atoms with van der Waals surface area (Å²) in [7, 11) is 0. The summed E-state index contributed by atoms with van der Waals surface area (Å²) in [5, 5.41) is 11.8. The third-order valence-electron chi connectivity index (χ3n) is 8.52. The van der Waals surface area contributed by atoms with E-state index < -0.39 is 5.60 Å². The van der Waals surface area contributed by atoms with E-state index in [1.807, 2.05) is 65.5 Å². The number of carbonyl (C=O) groups excluding carboxylic acids is 2. The topological polar surface area (TPSA) is 115 Å². The molecule has 48 heavy (non-hydrogen) atoms. The molecule has 2 amide bonds. The fourth-order valence-corrected chi connectivity index (χ4v) is 5.82. The zero-order chi connectivity index (χ0) is 35.0. The number of amides is 2. The number of rotatable bonds is 6. The van der Waals surface area contributed by atoms with Crippen LogP contribution in [0.1, 0.15) is 114 Å². The Labute approximate surface area is 284 Å². The maximum absolute atomic E-state index is 12.7. The normalized spacial score (nSPS) is 14.7. The lowest BCUT2D eigenvalue weighted by Crippen LogP contribution is -2.41. The van der Waals surface area contributed by atoms with E-state index in [0.717, 1.165) is 46.5 Å². The molecule has 1 aliphatic rings. The summed E-state index contributed by atoms with van der Waals surface area (Å²) in [6.45, 7) is 21.8. The number of nitrogens with zero attached hydrogens (tertiary/aromatic N) is 5. The van der Waals surface area contributed by atoms with Crippen LogP contribution in [0.3, 0.4) is 0 Å². The highest BCUT2D eigenvalue weighted by atomic mass is 16.6. The van der Waals surface area contributed by atoms with E-state index in [-0.39, 0.29) is 28.8 Å².